The molecule has 32 heavy (non-hydrogen) atoms. The second-order valence-electron chi connectivity index (χ2n) is 7.43. The Balaban J connectivity index is 0.00000114. The molecule has 3 aromatic rings. The van der Waals surface area contributed by atoms with Crippen molar-refractivity contribution in [1.29, 1.82) is 0 Å². The van der Waals surface area contributed by atoms with Crippen molar-refractivity contribution in [1.82, 2.24) is 25.5 Å². The minimum Gasteiger partial charge on any atom is -0.480 e. The van der Waals surface area contributed by atoms with Crippen molar-refractivity contribution >= 4 is 11.9 Å². The number of carbonyl (C=O) groups is 2. The molecule has 0 saturated heterocycles. The zero-order chi connectivity index (χ0) is 23.3. The molecular formula is C24H31N5O3. The summed E-state index contributed by atoms with van der Waals surface area (Å²) < 4.78 is 0. The largest absolute Gasteiger partial charge is 0.480 e. The van der Waals surface area contributed by atoms with Crippen molar-refractivity contribution in [3.05, 3.63) is 54.1 Å². The van der Waals surface area contributed by atoms with Gasteiger partial charge in [-0.2, -0.15) is 5.21 Å². The number of carboxylic acid groups (broad SMARTS) is 1. The molecule has 0 radical (unpaired) electrons. The maximum Gasteiger partial charge on any atom is 0.323 e. The molecule has 0 aliphatic heterocycles. The zero-order valence-electron chi connectivity index (χ0n) is 18.9. The predicted molar refractivity (Wildman–Crippen MR) is 124 cm³/mol. The summed E-state index contributed by atoms with van der Waals surface area (Å²) in [6.45, 7) is 6.21. The van der Waals surface area contributed by atoms with E-state index in [1.54, 1.807) is 0 Å². The number of nitrogens with zero attached hydrogens (tertiary/aromatic N) is 4. The number of carboxylic acids is 1. The van der Waals surface area contributed by atoms with Crippen LogP contribution in [0, 0.1) is 0 Å². The number of unbranched alkanes of at least 4 members (excludes halogenated alkanes) is 1. The lowest BCUT2D eigenvalue weighted by molar-refractivity contribution is -0.144. The van der Waals surface area contributed by atoms with E-state index < -0.39 is 5.97 Å². The number of carbonyl (C=O) groups excluding carboxylic acids is 1. The van der Waals surface area contributed by atoms with E-state index in [2.05, 4.69) is 34.5 Å². The van der Waals surface area contributed by atoms with Gasteiger partial charge in [0.25, 0.3) is 0 Å². The molecule has 0 aliphatic rings. The molecule has 0 bridgehead atoms. The van der Waals surface area contributed by atoms with E-state index in [1.165, 1.54) is 11.3 Å². The van der Waals surface area contributed by atoms with Crippen molar-refractivity contribution in [2.24, 2.45) is 0 Å². The van der Waals surface area contributed by atoms with Crippen LogP contribution in [-0.2, 0) is 16.1 Å². The monoisotopic (exact) mass is 437 g/mol. The van der Waals surface area contributed by atoms with Gasteiger partial charge in [-0.3, -0.25) is 9.59 Å². The summed E-state index contributed by atoms with van der Waals surface area (Å²) in [5.74, 6) is -0.639. The maximum absolute atomic E-state index is 12.3. The summed E-state index contributed by atoms with van der Waals surface area (Å²) in [5, 5.41) is 23.3. The Hall–Kier alpha value is -3.55. The topological polar surface area (TPSA) is 112 Å². The first-order chi connectivity index (χ1) is 15.5. The van der Waals surface area contributed by atoms with Crippen LogP contribution in [0.3, 0.4) is 0 Å². The third kappa shape index (κ3) is 7.30. The SMILES string of the molecule is CCC.CCCCC(=O)N(CC(=O)O)Cc1ccc(-c2ccccc2-c2nn[nH]n2)cc1. The van der Waals surface area contributed by atoms with Gasteiger partial charge in [0.05, 0.1) is 0 Å². The number of hydrogen-bond acceptors (Lipinski definition) is 5. The number of amides is 1. The number of hydrogen-bond donors (Lipinski definition) is 2. The minimum absolute atomic E-state index is 0.138. The molecule has 0 saturated carbocycles. The van der Waals surface area contributed by atoms with Gasteiger partial charge in [-0.1, -0.05) is 82.1 Å². The molecule has 1 heterocycles. The summed E-state index contributed by atoms with van der Waals surface area (Å²) in [6.07, 6.45) is 3.25. The van der Waals surface area contributed by atoms with Crippen LogP contribution in [0.15, 0.2) is 48.5 Å². The first kappa shape index (κ1) is 24.7. The van der Waals surface area contributed by atoms with Crippen molar-refractivity contribution in [2.45, 2.75) is 53.0 Å². The number of aromatic amines is 1. The number of tetrazole rings is 1. The van der Waals surface area contributed by atoms with Crippen LogP contribution < -0.4 is 0 Å². The Labute approximate surface area is 188 Å². The number of nitrogens with one attached hydrogen (secondary N) is 1. The third-order valence-corrected chi connectivity index (χ3v) is 4.57. The molecule has 2 aromatic carbocycles. The molecule has 170 valence electrons. The quantitative estimate of drug-likeness (QED) is 0.508. The third-order valence-electron chi connectivity index (χ3n) is 4.57. The van der Waals surface area contributed by atoms with Gasteiger partial charge < -0.3 is 10.0 Å². The molecule has 0 atom stereocenters. The lowest BCUT2D eigenvalue weighted by atomic mass is 9.98. The molecule has 0 spiro atoms. The summed E-state index contributed by atoms with van der Waals surface area (Å²) >= 11 is 0. The number of rotatable bonds is 9. The van der Waals surface area contributed by atoms with Crippen molar-refractivity contribution in [2.75, 3.05) is 6.54 Å². The van der Waals surface area contributed by atoms with Crippen LogP contribution in [-0.4, -0.2) is 49.1 Å². The highest BCUT2D eigenvalue weighted by Crippen LogP contribution is 2.29. The van der Waals surface area contributed by atoms with E-state index in [1.807, 2.05) is 55.5 Å². The van der Waals surface area contributed by atoms with E-state index in [-0.39, 0.29) is 19.0 Å². The molecule has 1 amide bonds. The lowest BCUT2D eigenvalue weighted by Gasteiger charge is -2.21. The fourth-order valence-electron chi connectivity index (χ4n) is 3.10. The van der Waals surface area contributed by atoms with Gasteiger partial charge in [-0.15, -0.1) is 10.2 Å². The zero-order valence-corrected chi connectivity index (χ0v) is 18.9. The fraction of sp³-hybridized carbons (Fsp3) is 0.375. The normalized spacial score (nSPS) is 10.2. The fourth-order valence-corrected chi connectivity index (χ4v) is 3.10. The summed E-state index contributed by atoms with van der Waals surface area (Å²) in [7, 11) is 0. The predicted octanol–water partition coefficient (Wildman–Crippen LogP) is 4.55. The molecule has 3 rings (SSSR count). The number of H-pyrrole nitrogens is 1. The first-order valence-electron chi connectivity index (χ1n) is 10.9. The summed E-state index contributed by atoms with van der Waals surface area (Å²) in [4.78, 5) is 24.9. The Kier molecular flexibility index (Phi) is 10.0. The van der Waals surface area contributed by atoms with Gasteiger partial charge in [-0.25, -0.2) is 0 Å². The van der Waals surface area contributed by atoms with Gasteiger partial charge >= 0.3 is 5.97 Å². The smallest absolute Gasteiger partial charge is 0.323 e. The van der Waals surface area contributed by atoms with E-state index in [9.17, 15) is 9.59 Å². The van der Waals surface area contributed by atoms with E-state index >= 15 is 0 Å². The highest BCUT2D eigenvalue weighted by Gasteiger charge is 2.17. The Morgan fingerprint density at radius 2 is 1.66 bits per heavy atom. The van der Waals surface area contributed by atoms with Gasteiger partial charge in [0.2, 0.25) is 11.7 Å². The highest BCUT2D eigenvalue weighted by atomic mass is 16.4. The van der Waals surface area contributed by atoms with Gasteiger partial charge in [0.1, 0.15) is 6.54 Å². The standard InChI is InChI=1S/C21H23N5O3.C3H8/c1-2-3-8-19(27)26(14-20(28)29)13-15-9-11-16(12-10-15)17-6-4-5-7-18(17)21-22-24-25-23-21;1-3-2/h4-7,9-12H,2-3,8,13-14H2,1H3,(H,28,29)(H,22,23,24,25);3H2,1-2H3. The molecule has 0 aliphatic carbocycles. The molecule has 0 fully saturated rings. The highest BCUT2D eigenvalue weighted by molar-refractivity contribution is 5.82. The molecule has 8 heteroatoms. The van der Waals surface area contributed by atoms with Gasteiger partial charge in [0.15, 0.2) is 0 Å². The molecule has 1 aromatic heterocycles. The second-order valence-corrected chi connectivity index (χ2v) is 7.43. The van der Waals surface area contributed by atoms with E-state index in [4.69, 9.17) is 5.11 Å². The molecular weight excluding hydrogens is 406 g/mol. The first-order valence-corrected chi connectivity index (χ1v) is 10.9. The number of benzene rings is 2. The van der Waals surface area contributed by atoms with Crippen molar-refractivity contribution in [3.63, 3.8) is 0 Å². The molecule has 2 N–H and O–H groups in total. The lowest BCUT2D eigenvalue weighted by Crippen LogP contribution is -2.35. The number of aromatic nitrogens is 4. The minimum atomic E-state index is -1.01. The van der Waals surface area contributed by atoms with Crippen molar-refractivity contribution in [3.8, 4) is 22.5 Å². The Morgan fingerprint density at radius 3 is 2.22 bits per heavy atom. The van der Waals surface area contributed by atoms with Crippen LogP contribution in [0.1, 0.15) is 52.0 Å². The van der Waals surface area contributed by atoms with E-state index in [0.717, 1.165) is 35.1 Å². The van der Waals surface area contributed by atoms with Crippen LogP contribution in [0.4, 0.5) is 0 Å². The average molecular weight is 438 g/mol. The maximum atomic E-state index is 12.3. The summed E-state index contributed by atoms with van der Waals surface area (Å²) in [6, 6.07) is 15.5. The van der Waals surface area contributed by atoms with Crippen LogP contribution in [0.2, 0.25) is 0 Å². The van der Waals surface area contributed by atoms with Crippen LogP contribution >= 0.6 is 0 Å². The second kappa shape index (κ2) is 13.0. The van der Waals surface area contributed by atoms with Crippen LogP contribution in [0.25, 0.3) is 22.5 Å². The number of aliphatic carboxylic acids is 1. The Morgan fingerprint density at radius 1 is 1.00 bits per heavy atom. The summed E-state index contributed by atoms with van der Waals surface area (Å²) in [5.41, 5.74) is 3.66. The Bertz CT molecular complexity index is 972. The molecule has 0 unspecified atom stereocenters. The van der Waals surface area contributed by atoms with Gasteiger partial charge in [-0.05, 0) is 28.3 Å². The average Bonchev–Trinajstić information content (AvgIpc) is 3.33. The van der Waals surface area contributed by atoms with Crippen LogP contribution in [0.5, 0.6) is 0 Å². The molecule has 8 nitrogen and oxygen atoms in total. The van der Waals surface area contributed by atoms with Crippen molar-refractivity contribution < 1.29 is 14.7 Å². The van der Waals surface area contributed by atoms with E-state index in [0.29, 0.717) is 12.2 Å². The van der Waals surface area contributed by atoms with Gasteiger partial charge in [0, 0.05) is 18.5 Å².